The molecule has 0 radical (unpaired) electrons. The number of methoxy groups -OCH3 is 1. The van der Waals surface area contributed by atoms with Gasteiger partial charge in [0.05, 0.1) is 0 Å². The second-order valence-electron chi connectivity index (χ2n) is 2.87. The van der Waals surface area contributed by atoms with Gasteiger partial charge in [-0.25, -0.2) is 0 Å². The highest BCUT2D eigenvalue weighted by molar-refractivity contribution is 6.31. The fourth-order valence-corrected chi connectivity index (χ4v) is 1.29. The fraction of sp³-hybridized carbons (Fsp3) is 0.400. The lowest BCUT2D eigenvalue weighted by Gasteiger charge is -2.11. The molecule has 0 saturated heterocycles. The van der Waals surface area contributed by atoms with E-state index in [1.165, 1.54) is 0 Å². The molecule has 72 valence electrons. The second kappa shape index (κ2) is 4.49. The summed E-state index contributed by atoms with van der Waals surface area (Å²) in [7, 11) is 1.59. The lowest BCUT2D eigenvalue weighted by molar-refractivity contribution is 0.0501. The van der Waals surface area contributed by atoms with E-state index in [4.69, 9.17) is 21.1 Å². The van der Waals surface area contributed by atoms with Crippen molar-refractivity contribution in [1.82, 2.24) is 0 Å². The van der Waals surface area contributed by atoms with Crippen molar-refractivity contribution in [3.8, 4) is 5.75 Å². The summed E-state index contributed by atoms with van der Waals surface area (Å²) in [5.41, 5.74) is 2.03. The van der Waals surface area contributed by atoms with E-state index in [9.17, 15) is 0 Å². The lowest BCUT2D eigenvalue weighted by Crippen LogP contribution is -2.02. The molecule has 0 aliphatic rings. The largest absolute Gasteiger partial charge is 0.467 e. The monoisotopic (exact) mass is 200 g/mol. The number of aryl methyl sites for hydroxylation is 1. The minimum absolute atomic E-state index is 0.252. The van der Waals surface area contributed by atoms with Gasteiger partial charge < -0.3 is 9.47 Å². The zero-order valence-corrected chi connectivity index (χ0v) is 8.81. The minimum atomic E-state index is 0.252. The predicted molar refractivity (Wildman–Crippen MR) is 53.4 cm³/mol. The number of ether oxygens (including phenoxy) is 2. The van der Waals surface area contributed by atoms with Crippen LogP contribution in [-0.2, 0) is 4.74 Å². The molecule has 0 heterocycles. The van der Waals surface area contributed by atoms with Crippen molar-refractivity contribution in [3.05, 3.63) is 28.3 Å². The smallest absolute Gasteiger partial charge is 0.188 e. The first-order valence-corrected chi connectivity index (χ1v) is 4.42. The van der Waals surface area contributed by atoms with Crippen molar-refractivity contribution < 1.29 is 9.47 Å². The molecule has 0 aliphatic heterocycles. The van der Waals surface area contributed by atoms with Crippen LogP contribution in [0.1, 0.15) is 11.1 Å². The van der Waals surface area contributed by atoms with Gasteiger partial charge in [0.1, 0.15) is 5.75 Å². The Morgan fingerprint density at radius 2 is 2.00 bits per heavy atom. The average Bonchev–Trinajstić information content (AvgIpc) is 2.12. The third-order valence-electron chi connectivity index (χ3n) is 1.86. The van der Waals surface area contributed by atoms with E-state index < -0.39 is 0 Å². The Balaban J connectivity index is 2.96. The first kappa shape index (κ1) is 10.4. The molecule has 0 atom stereocenters. The number of hydrogen-bond donors (Lipinski definition) is 0. The normalized spacial score (nSPS) is 10.2. The highest BCUT2D eigenvalue weighted by Gasteiger charge is 2.06. The van der Waals surface area contributed by atoms with Gasteiger partial charge in [-0.15, -0.1) is 0 Å². The zero-order chi connectivity index (χ0) is 9.84. The van der Waals surface area contributed by atoms with Gasteiger partial charge in [-0.3, -0.25) is 0 Å². The second-order valence-corrected chi connectivity index (χ2v) is 3.28. The molecule has 1 aromatic carbocycles. The van der Waals surface area contributed by atoms with Gasteiger partial charge in [0.2, 0.25) is 0 Å². The summed E-state index contributed by atoms with van der Waals surface area (Å²) < 4.78 is 10.2. The van der Waals surface area contributed by atoms with E-state index in [-0.39, 0.29) is 6.79 Å². The van der Waals surface area contributed by atoms with Gasteiger partial charge >= 0.3 is 0 Å². The minimum Gasteiger partial charge on any atom is -0.467 e. The predicted octanol–water partition coefficient (Wildman–Crippen LogP) is 2.94. The quantitative estimate of drug-likeness (QED) is 0.699. The Morgan fingerprint density at radius 1 is 1.31 bits per heavy atom. The Labute approximate surface area is 83.4 Å². The maximum absolute atomic E-state index is 5.94. The summed E-state index contributed by atoms with van der Waals surface area (Å²) >= 11 is 5.94. The van der Waals surface area contributed by atoms with Crippen LogP contribution in [0.5, 0.6) is 5.75 Å². The number of hydrogen-bond acceptors (Lipinski definition) is 2. The molecular formula is C10H13ClO2. The van der Waals surface area contributed by atoms with Crippen molar-refractivity contribution in [2.75, 3.05) is 13.9 Å². The van der Waals surface area contributed by atoms with Crippen molar-refractivity contribution in [3.63, 3.8) is 0 Å². The molecule has 0 fully saturated rings. The standard InChI is InChI=1S/C10H13ClO2/c1-7-4-5-9(11)8(2)10(7)13-6-12-3/h4-5H,6H2,1-3H3. The van der Waals surface area contributed by atoms with Crippen LogP contribution in [-0.4, -0.2) is 13.9 Å². The van der Waals surface area contributed by atoms with Gasteiger partial charge in [-0.1, -0.05) is 17.7 Å². The summed E-state index contributed by atoms with van der Waals surface area (Å²) in [5, 5.41) is 0.719. The van der Waals surface area contributed by atoms with Crippen LogP contribution in [0.4, 0.5) is 0 Å². The highest BCUT2D eigenvalue weighted by Crippen LogP contribution is 2.28. The molecule has 0 aromatic heterocycles. The van der Waals surface area contributed by atoms with E-state index in [1.54, 1.807) is 7.11 Å². The Hall–Kier alpha value is -0.730. The van der Waals surface area contributed by atoms with Crippen LogP contribution < -0.4 is 4.74 Å². The van der Waals surface area contributed by atoms with Crippen molar-refractivity contribution >= 4 is 11.6 Å². The third-order valence-corrected chi connectivity index (χ3v) is 2.27. The van der Waals surface area contributed by atoms with Crippen molar-refractivity contribution in [2.24, 2.45) is 0 Å². The van der Waals surface area contributed by atoms with Crippen LogP contribution in [0.2, 0.25) is 5.02 Å². The molecule has 0 amide bonds. The average molecular weight is 201 g/mol. The van der Waals surface area contributed by atoms with Crippen molar-refractivity contribution in [2.45, 2.75) is 13.8 Å². The number of rotatable bonds is 3. The first-order chi connectivity index (χ1) is 6.16. The number of benzene rings is 1. The van der Waals surface area contributed by atoms with E-state index >= 15 is 0 Å². The SMILES string of the molecule is COCOc1c(C)ccc(Cl)c1C. The van der Waals surface area contributed by atoms with E-state index in [0.717, 1.165) is 21.9 Å². The first-order valence-electron chi connectivity index (χ1n) is 4.04. The molecule has 0 aliphatic carbocycles. The summed E-state index contributed by atoms with van der Waals surface area (Å²) in [5.74, 6) is 0.814. The Morgan fingerprint density at radius 3 is 2.62 bits per heavy atom. The topological polar surface area (TPSA) is 18.5 Å². The summed E-state index contributed by atoms with van der Waals surface area (Å²) in [6.07, 6.45) is 0. The van der Waals surface area contributed by atoms with Crippen LogP contribution in [0.3, 0.4) is 0 Å². The molecule has 3 heteroatoms. The van der Waals surface area contributed by atoms with E-state index in [1.807, 2.05) is 26.0 Å². The lowest BCUT2D eigenvalue weighted by atomic mass is 10.1. The molecule has 0 N–H and O–H groups in total. The van der Waals surface area contributed by atoms with Gasteiger partial charge in [-0.2, -0.15) is 0 Å². The van der Waals surface area contributed by atoms with E-state index in [0.29, 0.717) is 0 Å². The van der Waals surface area contributed by atoms with Gasteiger partial charge in [0.15, 0.2) is 6.79 Å². The zero-order valence-electron chi connectivity index (χ0n) is 8.06. The van der Waals surface area contributed by atoms with E-state index in [2.05, 4.69) is 0 Å². The maximum Gasteiger partial charge on any atom is 0.188 e. The molecule has 1 rings (SSSR count). The fourth-order valence-electron chi connectivity index (χ4n) is 1.14. The van der Waals surface area contributed by atoms with Crippen LogP contribution in [0.15, 0.2) is 12.1 Å². The molecule has 1 aromatic rings. The Bertz CT molecular complexity index is 297. The molecule has 0 saturated carbocycles. The molecule has 0 unspecified atom stereocenters. The third kappa shape index (κ3) is 2.36. The van der Waals surface area contributed by atoms with Crippen LogP contribution in [0.25, 0.3) is 0 Å². The molecule has 13 heavy (non-hydrogen) atoms. The summed E-state index contributed by atoms with van der Waals surface area (Å²) in [4.78, 5) is 0. The summed E-state index contributed by atoms with van der Waals surface area (Å²) in [6.45, 7) is 4.16. The molecule has 2 nitrogen and oxygen atoms in total. The van der Waals surface area contributed by atoms with Gasteiger partial charge in [-0.05, 0) is 25.5 Å². The highest BCUT2D eigenvalue weighted by atomic mass is 35.5. The maximum atomic E-state index is 5.94. The molecule has 0 bridgehead atoms. The Kier molecular flexibility index (Phi) is 3.58. The molecule has 0 spiro atoms. The molecular weight excluding hydrogens is 188 g/mol. The summed E-state index contributed by atoms with van der Waals surface area (Å²) in [6, 6.07) is 3.80. The van der Waals surface area contributed by atoms with Gasteiger partial charge in [0.25, 0.3) is 0 Å². The van der Waals surface area contributed by atoms with Crippen LogP contribution >= 0.6 is 11.6 Å². The van der Waals surface area contributed by atoms with Crippen molar-refractivity contribution in [1.29, 1.82) is 0 Å². The van der Waals surface area contributed by atoms with Crippen LogP contribution in [0, 0.1) is 13.8 Å². The number of halogens is 1. The van der Waals surface area contributed by atoms with Gasteiger partial charge in [0, 0.05) is 17.7 Å².